The summed E-state index contributed by atoms with van der Waals surface area (Å²) in [5.74, 6) is 0. The topological polar surface area (TPSA) is 44.5 Å². The van der Waals surface area contributed by atoms with E-state index >= 15 is 0 Å². The van der Waals surface area contributed by atoms with Gasteiger partial charge in [-0.05, 0) is 6.92 Å². The minimum atomic E-state index is 0.438. The van der Waals surface area contributed by atoms with Crippen LogP contribution in [0.5, 0.6) is 0 Å². The summed E-state index contributed by atoms with van der Waals surface area (Å²) in [5.41, 5.74) is 6.06. The van der Waals surface area contributed by atoms with Gasteiger partial charge in [0.05, 0.1) is 6.61 Å². The summed E-state index contributed by atoms with van der Waals surface area (Å²) in [4.78, 5) is 9.26. The molecular weight excluding hydrogens is 118 g/mol. The molecule has 0 aromatic carbocycles. The molecule has 0 aliphatic rings. The van der Waals surface area contributed by atoms with Crippen molar-refractivity contribution in [2.24, 2.45) is 5.73 Å². The van der Waals surface area contributed by atoms with Crippen molar-refractivity contribution in [1.29, 1.82) is 0 Å². The van der Waals surface area contributed by atoms with Crippen LogP contribution in [0.4, 0.5) is 0 Å². The van der Waals surface area contributed by atoms with E-state index in [1.807, 2.05) is 6.92 Å². The average Bonchev–Trinajstić information content (AvgIpc) is 1.80. The van der Waals surface area contributed by atoms with Crippen LogP contribution in [-0.4, -0.2) is 19.8 Å². The highest BCUT2D eigenvalue weighted by Gasteiger charge is 1.85. The highest BCUT2D eigenvalue weighted by atomic mass is 17.2. The molecule has 2 N–H and O–H groups in total. The van der Waals surface area contributed by atoms with Gasteiger partial charge in [-0.3, -0.25) is 0 Å². The molecule has 0 fully saturated rings. The first kappa shape index (κ1) is 8.62. The SMILES string of the molecule is C=C(C)COOCCN. The molecule has 0 saturated carbocycles. The summed E-state index contributed by atoms with van der Waals surface area (Å²) in [7, 11) is 0. The third-order valence-electron chi connectivity index (χ3n) is 0.590. The molecule has 0 aromatic heterocycles. The molecular formula is C6H13NO2. The van der Waals surface area contributed by atoms with Gasteiger partial charge in [0, 0.05) is 6.54 Å². The van der Waals surface area contributed by atoms with Gasteiger partial charge >= 0.3 is 0 Å². The Morgan fingerprint density at radius 2 is 2.22 bits per heavy atom. The molecule has 0 rings (SSSR count). The Morgan fingerprint density at radius 1 is 1.56 bits per heavy atom. The fourth-order valence-corrected chi connectivity index (χ4v) is 0.249. The first-order valence-corrected chi connectivity index (χ1v) is 2.86. The molecule has 0 saturated heterocycles. The van der Waals surface area contributed by atoms with Gasteiger partial charge in [-0.2, -0.15) is 0 Å². The second kappa shape index (κ2) is 5.75. The first-order valence-electron chi connectivity index (χ1n) is 2.86. The van der Waals surface area contributed by atoms with E-state index in [4.69, 9.17) is 5.73 Å². The zero-order chi connectivity index (χ0) is 7.11. The van der Waals surface area contributed by atoms with Crippen molar-refractivity contribution >= 4 is 0 Å². The Hall–Kier alpha value is -0.380. The summed E-state index contributed by atoms with van der Waals surface area (Å²) in [6.07, 6.45) is 0. The smallest absolute Gasteiger partial charge is 0.103 e. The standard InChI is InChI=1S/C6H13NO2/c1-6(2)5-9-8-4-3-7/h1,3-5,7H2,2H3. The van der Waals surface area contributed by atoms with E-state index in [9.17, 15) is 0 Å². The quantitative estimate of drug-likeness (QED) is 0.255. The molecule has 0 atom stereocenters. The Balaban J connectivity index is 2.83. The van der Waals surface area contributed by atoms with Crippen LogP contribution in [0.15, 0.2) is 12.2 Å². The maximum absolute atomic E-state index is 5.12. The molecule has 0 aliphatic heterocycles. The minimum Gasteiger partial charge on any atom is -0.328 e. The van der Waals surface area contributed by atoms with Gasteiger partial charge in [0.1, 0.15) is 6.61 Å². The lowest BCUT2D eigenvalue weighted by atomic mass is 10.4. The molecule has 54 valence electrons. The lowest BCUT2D eigenvalue weighted by Gasteiger charge is -2.00. The van der Waals surface area contributed by atoms with Crippen LogP contribution in [-0.2, 0) is 9.78 Å². The minimum absolute atomic E-state index is 0.438. The van der Waals surface area contributed by atoms with Crippen molar-refractivity contribution in [2.75, 3.05) is 19.8 Å². The molecule has 0 radical (unpaired) electrons. The Bertz CT molecular complexity index is 83.1. The van der Waals surface area contributed by atoms with Crippen LogP contribution in [0.3, 0.4) is 0 Å². The van der Waals surface area contributed by atoms with Gasteiger partial charge in [-0.15, -0.1) is 0 Å². The second-order valence-corrected chi connectivity index (χ2v) is 1.83. The van der Waals surface area contributed by atoms with E-state index in [1.165, 1.54) is 0 Å². The van der Waals surface area contributed by atoms with Crippen LogP contribution < -0.4 is 5.73 Å². The summed E-state index contributed by atoms with van der Waals surface area (Å²) in [5, 5.41) is 0. The fraction of sp³-hybridized carbons (Fsp3) is 0.667. The van der Waals surface area contributed by atoms with E-state index < -0.39 is 0 Å². The molecule has 3 nitrogen and oxygen atoms in total. The third kappa shape index (κ3) is 7.62. The van der Waals surface area contributed by atoms with Gasteiger partial charge in [0.25, 0.3) is 0 Å². The first-order chi connectivity index (χ1) is 4.27. The van der Waals surface area contributed by atoms with Crippen molar-refractivity contribution in [1.82, 2.24) is 0 Å². The molecule has 0 aliphatic carbocycles. The van der Waals surface area contributed by atoms with Crippen LogP contribution >= 0.6 is 0 Å². The van der Waals surface area contributed by atoms with Crippen LogP contribution in [0.25, 0.3) is 0 Å². The van der Waals surface area contributed by atoms with Crippen molar-refractivity contribution in [3.63, 3.8) is 0 Å². The van der Waals surface area contributed by atoms with Crippen LogP contribution in [0.1, 0.15) is 6.92 Å². The summed E-state index contributed by atoms with van der Waals surface area (Å²) in [6.45, 7) is 6.85. The van der Waals surface area contributed by atoms with E-state index in [1.54, 1.807) is 0 Å². The predicted octanol–water partition coefficient (Wildman–Crippen LogP) is 0.469. The maximum Gasteiger partial charge on any atom is 0.103 e. The number of hydrogen-bond donors (Lipinski definition) is 1. The zero-order valence-electron chi connectivity index (χ0n) is 5.72. The molecule has 3 heteroatoms. The maximum atomic E-state index is 5.12. The van der Waals surface area contributed by atoms with E-state index in [0.29, 0.717) is 19.8 Å². The Morgan fingerprint density at radius 3 is 2.67 bits per heavy atom. The summed E-state index contributed by atoms with van der Waals surface area (Å²) >= 11 is 0. The normalized spacial score (nSPS) is 9.56. The van der Waals surface area contributed by atoms with Crippen LogP contribution in [0, 0.1) is 0 Å². The van der Waals surface area contributed by atoms with Gasteiger partial charge in [-0.1, -0.05) is 12.2 Å². The molecule has 0 heterocycles. The van der Waals surface area contributed by atoms with Crippen LogP contribution in [0.2, 0.25) is 0 Å². The zero-order valence-corrected chi connectivity index (χ0v) is 5.72. The van der Waals surface area contributed by atoms with Gasteiger partial charge in [0.15, 0.2) is 0 Å². The van der Waals surface area contributed by atoms with E-state index in [-0.39, 0.29) is 0 Å². The van der Waals surface area contributed by atoms with Gasteiger partial charge in [-0.25, -0.2) is 9.78 Å². The Kier molecular flexibility index (Phi) is 5.51. The van der Waals surface area contributed by atoms with E-state index in [2.05, 4.69) is 16.4 Å². The van der Waals surface area contributed by atoms with E-state index in [0.717, 1.165) is 5.57 Å². The molecule has 0 spiro atoms. The van der Waals surface area contributed by atoms with Gasteiger partial charge in [0.2, 0.25) is 0 Å². The average molecular weight is 131 g/mol. The molecule has 0 amide bonds. The highest BCUT2D eigenvalue weighted by molar-refractivity contribution is 4.86. The molecule has 0 unspecified atom stereocenters. The lowest BCUT2D eigenvalue weighted by Crippen LogP contribution is -2.09. The predicted molar refractivity (Wildman–Crippen MR) is 35.8 cm³/mol. The summed E-state index contributed by atoms with van der Waals surface area (Å²) < 4.78 is 0. The van der Waals surface area contributed by atoms with Crippen molar-refractivity contribution in [3.05, 3.63) is 12.2 Å². The third-order valence-corrected chi connectivity index (χ3v) is 0.590. The lowest BCUT2D eigenvalue weighted by molar-refractivity contribution is -0.285. The fourth-order valence-electron chi connectivity index (χ4n) is 0.249. The summed E-state index contributed by atoms with van der Waals surface area (Å²) in [6, 6.07) is 0. The molecule has 0 bridgehead atoms. The second-order valence-electron chi connectivity index (χ2n) is 1.83. The molecule has 0 aromatic rings. The van der Waals surface area contributed by atoms with Crippen molar-refractivity contribution in [3.8, 4) is 0 Å². The number of hydrogen-bond acceptors (Lipinski definition) is 3. The van der Waals surface area contributed by atoms with Crippen molar-refractivity contribution in [2.45, 2.75) is 6.92 Å². The largest absolute Gasteiger partial charge is 0.328 e. The number of rotatable bonds is 5. The highest BCUT2D eigenvalue weighted by Crippen LogP contribution is 1.87. The monoisotopic (exact) mass is 131 g/mol. The number of nitrogens with two attached hydrogens (primary N) is 1. The van der Waals surface area contributed by atoms with Crippen molar-refractivity contribution < 1.29 is 9.78 Å². The van der Waals surface area contributed by atoms with Gasteiger partial charge < -0.3 is 5.73 Å². The Labute approximate surface area is 55.4 Å². The molecule has 9 heavy (non-hydrogen) atoms.